The second-order valence-corrected chi connectivity index (χ2v) is 6.43. The van der Waals surface area contributed by atoms with Gasteiger partial charge in [0.15, 0.2) is 0 Å². The van der Waals surface area contributed by atoms with Crippen molar-refractivity contribution in [2.75, 3.05) is 26.7 Å². The van der Waals surface area contributed by atoms with Gasteiger partial charge in [0, 0.05) is 19.5 Å². The number of hydrogen-bond donors (Lipinski definition) is 1. The Balaban J connectivity index is 0.00000312. The van der Waals surface area contributed by atoms with Crippen molar-refractivity contribution in [3.05, 3.63) is 35.9 Å². The Morgan fingerprint density at radius 1 is 1.24 bits per heavy atom. The van der Waals surface area contributed by atoms with E-state index >= 15 is 0 Å². The lowest BCUT2D eigenvalue weighted by Crippen LogP contribution is -2.40. The van der Waals surface area contributed by atoms with E-state index in [0.717, 1.165) is 25.8 Å². The first-order chi connectivity index (χ1) is 11.4. The van der Waals surface area contributed by atoms with E-state index in [1.165, 1.54) is 12.1 Å². The SMILES string of the molecule is CNCCC1CCN(C(=O)CC(c2ccccc2)C(F)(F)F)CC1.Cl. The smallest absolute Gasteiger partial charge is 0.343 e. The highest BCUT2D eigenvalue weighted by Crippen LogP contribution is 2.38. The molecule has 3 nitrogen and oxygen atoms in total. The molecule has 1 fully saturated rings. The van der Waals surface area contributed by atoms with Crippen LogP contribution < -0.4 is 5.32 Å². The summed E-state index contributed by atoms with van der Waals surface area (Å²) in [5, 5.41) is 3.10. The molecule has 1 saturated heterocycles. The van der Waals surface area contributed by atoms with E-state index in [1.54, 1.807) is 23.1 Å². The number of carbonyl (C=O) groups is 1. The minimum Gasteiger partial charge on any atom is -0.343 e. The minimum atomic E-state index is -4.41. The molecule has 7 heteroatoms. The zero-order valence-electron chi connectivity index (χ0n) is 14.4. The standard InChI is InChI=1S/C18H25F3N2O.ClH/c1-22-10-7-14-8-11-23(12-9-14)17(24)13-16(18(19,20)21)15-5-3-2-4-6-15;/h2-6,14,16,22H,7-13H2,1H3;1H. The van der Waals surface area contributed by atoms with Crippen molar-refractivity contribution < 1.29 is 18.0 Å². The normalized spacial score (nSPS) is 17.0. The summed E-state index contributed by atoms with van der Waals surface area (Å²) in [6.45, 7) is 2.06. The molecule has 2 rings (SSSR count). The van der Waals surface area contributed by atoms with Gasteiger partial charge in [-0.1, -0.05) is 30.3 Å². The lowest BCUT2D eigenvalue weighted by Gasteiger charge is -2.33. The highest BCUT2D eigenvalue weighted by Gasteiger charge is 2.42. The lowest BCUT2D eigenvalue weighted by atomic mass is 9.91. The molecule has 1 amide bonds. The van der Waals surface area contributed by atoms with Crippen molar-refractivity contribution in [2.24, 2.45) is 5.92 Å². The Hall–Kier alpha value is -1.27. The maximum absolute atomic E-state index is 13.4. The number of nitrogens with one attached hydrogen (secondary N) is 1. The van der Waals surface area contributed by atoms with E-state index in [2.05, 4.69) is 5.32 Å². The number of carbonyl (C=O) groups excluding carboxylic acids is 1. The van der Waals surface area contributed by atoms with Crippen molar-refractivity contribution in [1.29, 1.82) is 0 Å². The van der Waals surface area contributed by atoms with E-state index < -0.39 is 24.4 Å². The molecule has 0 aromatic heterocycles. The quantitative estimate of drug-likeness (QED) is 0.811. The van der Waals surface area contributed by atoms with E-state index in [9.17, 15) is 18.0 Å². The monoisotopic (exact) mass is 378 g/mol. The number of halogens is 4. The van der Waals surface area contributed by atoms with Crippen LogP contribution in [0.3, 0.4) is 0 Å². The summed E-state index contributed by atoms with van der Waals surface area (Å²) < 4.78 is 40.1. The molecule has 0 saturated carbocycles. The van der Waals surface area contributed by atoms with Crippen LogP contribution in [0.1, 0.15) is 37.2 Å². The fourth-order valence-electron chi connectivity index (χ4n) is 3.23. The highest BCUT2D eigenvalue weighted by molar-refractivity contribution is 5.85. The molecular formula is C18H26ClF3N2O. The predicted octanol–water partition coefficient (Wildman–Crippen LogP) is 3.99. The van der Waals surface area contributed by atoms with Crippen LogP contribution in [0.15, 0.2) is 30.3 Å². The fourth-order valence-corrected chi connectivity index (χ4v) is 3.23. The summed E-state index contributed by atoms with van der Waals surface area (Å²) in [5.41, 5.74) is 0.155. The Labute approximate surface area is 153 Å². The Bertz CT molecular complexity index is 517. The van der Waals surface area contributed by atoms with Crippen LogP contribution in [0.2, 0.25) is 0 Å². The summed E-state index contributed by atoms with van der Waals surface area (Å²) in [6.07, 6.45) is -2.13. The lowest BCUT2D eigenvalue weighted by molar-refractivity contribution is -0.161. The first-order valence-electron chi connectivity index (χ1n) is 8.46. The van der Waals surface area contributed by atoms with Crippen LogP contribution in [0, 0.1) is 5.92 Å². The van der Waals surface area contributed by atoms with Crippen molar-refractivity contribution in [3.63, 3.8) is 0 Å². The topological polar surface area (TPSA) is 32.3 Å². The zero-order chi connectivity index (χ0) is 17.6. The molecule has 25 heavy (non-hydrogen) atoms. The van der Waals surface area contributed by atoms with Crippen LogP contribution >= 0.6 is 12.4 Å². The van der Waals surface area contributed by atoms with Crippen LogP contribution in [-0.4, -0.2) is 43.7 Å². The summed E-state index contributed by atoms with van der Waals surface area (Å²) >= 11 is 0. The molecule has 0 aliphatic carbocycles. The Morgan fingerprint density at radius 2 is 1.84 bits per heavy atom. The van der Waals surface area contributed by atoms with Gasteiger partial charge in [-0.3, -0.25) is 4.79 Å². The number of piperidine rings is 1. The third-order valence-electron chi connectivity index (χ3n) is 4.75. The third-order valence-corrected chi connectivity index (χ3v) is 4.75. The van der Waals surface area contributed by atoms with Gasteiger partial charge in [-0.25, -0.2) is 0 Å². The van der Waals surface area contributed by atoms with Gasteiger partial charge in [0.25, 0.3) is 0 Å². The van der Waals surface area contributed by atoms with Crippen molar-refractivity contribution in [3.8, 4) is 0 Å². The number of nitrogens with zero attached hydrogens (tertiary/aromatic N) is 1. The number of alkyl halides is 3. The van der Waals surface area contributed by atoms with Gasteiger partial charge >= 0.3 is 6.18 Å². The van der Waals surface area contributed by atoms with Crippen molar-refractivity contribution in [1.82, 2.24) is 10.2 Å². The van der Waals surface area contributed by atoms with E-state index in [-0.39, 0.29) is 18.0 Å². The second-order valence-electron chi connectivity index (χ2n) is 6.43. The fraction of sp³-hybridized carbons (Fsp3) is 0.611. The van der Waals surface area contributed by atoms with Crippen LogP contribution in [0.5, 0.6) is 0 Å². The van der Waals surface area contributed by atoms with Gasteiger partial charge in [0.1, 0.15) is 0 Å². The average Bonchev–Trinajstić information content (AvgIpc) is 2.58. The van der Waals surface area contributed by atoms with Crippen LogP contribution in [0.4, 0.5) is 13.2 Å². The van der Waals surface area contributed by atoms with Crippen LogP contribution in [0.25, 0.3) is 0 Å². The maximum atomic E-state index is 13.4. The molecular weight excluding hydrogens is 353 g/mol. The predicted molar refractivity (Wildman–Crippen MR) is 95.0 cm³/mol. The molecule has 1 N–H and O–H groups in total. The van der Waals surface area contributed by atoms with E-state index in [1.807, 2.05) is 7.05 Å². The summed E-state index contributed by atoms with van der Waals surface area (Å²) in [5.74, 6) is -1.57. The molecule has 1 aliphatic rings. The van der Waals surface area contributed by atoms with Gasteiger partial charge in [-0.15, -0.1) is 12.4 Å². The molecule has 1 atom stereocenters. The molecule has 1 heterocycles. The first-order valence-corrected chi connectivity index (χ1v) is 8.46. The molecule has 142 valence electrons. The summed E-state index contributed by atoms with van der Waals surface area (Å²) in [7, 11) is 1.90. The molecule has 1 aliphatic heterocycles. The number of likely N-dealkylation sites (tertiary alicyclic amines) is 1. The molecule has 0 bridgehead atoms. The molecule has 0 radical (unpaired) electrons. The van der Waals surface area contributed by atoms with Crippen molar-refractivity contribution >= 4 is 18.3 Å². The van der Waals surface area contributed by atoms with Gasteiger partial charge in [-0.2, -0.15) is 13.2 Å². The van der Waals surface area contributed by atoms with Gasteiger partial charge in [0.05, 0.1) is 5.92 Å². The average molecular weight is 379 g/mol. The number of amides is 1. The van der Waals surface area contributed by atoms with Crippen molar-refractivity contribution in [2.45, 2.75) is 37.8 Å². The Kier molecular flexibility index (Phi) is 8.73. The van der Waals surface area contributed by atoms with Gasteiger partial charge in [-0.05, 0) is 44.3 Å². The minimum absolute atomic E-state index is 0. The first kappa shape index (κ1) is 21.8. The highest BCUT2D eigenvalue weighted by atomic mass is 35.5. The number of benzene rings is 1. The molecule has 1 aromatic rings. The third kappa shape index (κ3) is 6.51. The summed E-state index contributed by atoms with van der Waals surface area (Å²) in [6, 6.07) is 7.71. The molecule has 1 unspecified atom stereocenters. The Morgan fingerprint density at radius 3 is 2.36 bits per heavy atom. The largest absolute Gasteiger partial charge is 0.396 e. The summed E-state index contributed by atoms with van der Waals surface area (Å²) in [4.78, 5) is 14.0. The second kappa shape index (κ2) is 10.0. The molecule has 0 spiro atoms. The van der Waals surface area contributed by atoms with Crippen LogP contribution in [-0.2, 0) is 4.79 Å². The van der Waals surface area contributed by atoms with E-state index in [0.29, 0.717) is 19.0 Å². The van der Waals surface area contributed by atoms with E-state index in [4.69, 9.17) is 0 Å². The number of hydrogen-bond acceptors (Lipinski definition) is 2. The maximum Gasteiger partial charge on any atom is 0.396 e. The zero-order valence-corrected chi connectivity index (χ0v) is 15.2. The van der Waals surface area contributed by atoms with Gasteiger partial charge in [0.2, 0.25) is 5.91 Å². The molecule has 1 aromatic carbocycles. The van der Waals surface area contributed by atoms with Gasteiger partial charge < -0.3 is 10.2 Å². The number of rotatable bonds is 6.